The predicted octanol–water partition coefficient (Wildman–Crippen LogP) is 6.19. The molecule has 0 saturated carbocycles. The molecular formula is C35H34N6O4S. The van der Waals surface area contributed by atoms with Crippen molar-refractivity contribution in [1.82, 2.24) is 25.1 Å². The van der Waals surface area contributed by atoms with Crippen molar-refractivity contribution >= 4 is 29.3 Å². The number of aromatic nitrogens is 3. The van der Waals surface area contributed by atoms with Gasteiger partial charge in [-0.3, -0.25) is 14.2 Å². The third kappa shape index (κ3) is 6.45. The lowest BCUT2D eigenvalue weighted by molar-refractivity contribution is -0.130. The van der Waals surface area contributed by atoms with Crippen molar-refractivity contribution in [2.45, 2.75) is 44.9 Å². The molecule has 6 rings (SSSR count). The normalized spacial score (nSPS) is 14.3. The number of hydrogen-bond acceptors (Lipinski definition) is 8. The Bertz CT molecular complexity index is 1880. The van der Waals surface area contributed by atoms with Crippen LogP contribution in [0.4, 0.5) is 0 Å². The molecule has 2 aromatic heterocycles. The number of rotatable bonds is 10. The number of hydrogen-bond donors (Lipinski definition) is 1. The van der Waals surface area contributed by atoms with Gasteiger partial charge in [-0.1, -0.05) is 53.7 Å². The van der Waals surface area contributed by atoms with E-state index in [0.717, 1.165) is 45.0 Å². The highest BCUT2D eigenvalue weighted by Crippen LogP contribution is 2.35. The lowest BCUT2D eigenvalue weighted by atomic mass is 9.97. The molecule has 0 bridgehead atoms. The Morgan fingerprint density at radius 2 is 1.76 bits per heavy atom. The fourth-order valence-electron chi connectivity index (χ4n) is 5.32. The number of methoxy groups -OCH3 is 1. The Labute approximate surface area is 271 Å². The van der Waals surface area contributed by atoms with Crippen LogP contribution in [-0.2, 0) is 11.3 Å². The lowest BCUT2D eigenvalue weighted by Gasteiger charge is -2.22. The van der Waals surface area contributed by atoms with Gasteiger partial charge in [-0.25, -0.2) is 5.01 Å². The smallest absolute Gasteiger partial charge is 0.287 e. The maximum atomic E-state index is 13.9. The molecule has 2 amide bonds. The number of nitrogens with one attached hydrogen (secondary N) is 1. The van der Waals surface area contributed by atoms with E-state index in [2.05, 4.69) is 39.8 Å². The summed E-state index contributed by atoms with van der Waals surface area (Å²) in [6, 6.07) is 24.9. The van der Waals surface area contributed by atoms with Gasteiger partial charge >= 0.3 is 0 Å². The first-order chi connectivity index (χ1) is 22.3. The second-order valence-corrected chi connectivity index (χ2v) is 12.0. The number of carbonyl (C=O) groups excluding carboxylic acids is 2. The van der Waals surface area contributed by atoms with Gasteiger partial charge in [0.05, 0.1) is 43.1 Å². The van der Waals surface area contributed by atoms with Crippen LogP contribution in [-0.4, -0.2) is 50.2 Å². The van der Waals surface area contributed by atoms with Crippen LogP contribution in [0.5, 0.6) is 5.75 Å². The summed E-state index contributed by atoms with van der Waals surface area (Å²) in [7, 11) is 1.63. The first-order valence-corrected chi connectivity index (χ1v) is 15.9. The summed E-state index contributed by atoms with van der Waals surface area (Å²) in [5.74, 6) is 1.08. The van der Waals surface area contributed by atoms with Gasteiger partial charge in [0.15, 0.2) is 16.7 Å². The molecule has 0 fully saturated rings. The zero-order valence-corrected chi connectivity index (χ0v) is 26.9. The summed E-state index contributed by atoms with van der Waals surface area (Å²) < 4.78 is 12.4. The van der Waals surface area contributed by atoms with Crippen molar-refractivity contribution < 1.29 is 18.7 Å². The van der Waals surface area contributed by atoms with Crippen LogP contribution in [0.3, 0.4) is 0 Å². The summed E-state index contributed by atoms with van der Waals surface area (Å²) >= 11 is 1.29. The molecule has 1 aliphatic rings. The van der Waals surface area contributed by atoms with Crippen molar-refractivity contribution in [1.29, 1.82) is 0 Å². The summed E-state index contributed by atoms with van der Waals surface area (Å²) in [5.41, 5.74) is 6.96. The largest absolute Gasteiger partial charge is 0.497 e. The molecule has 10 nitrogen and oxygen atoms in total. The summed E-state index contributed by atoms with van der Waals surface area (Å²) in [6.07, 6.45) is 2.04. The molecule has 5 aromatic rings. The van der Waals surface area contributed by atoms with E-state index in [1.54, 1.807) is 24.3 Å². The van der Waals surface area contributed by atoms with E-state index in [1.165, 1.54) is 18.0 Å². The van der Waals surface area contributed by atoms with Crippen LogP contribution < -0.4 is 10.1 Å². The summed E-state index contributed by atoms with van der Waals surface area (Å²) in [6.45, 7) is 6.22. The number of nitrogens with zero attached hydrogens (tertiary/aromatic N) is 5. The maximum absolute atomic E-state index is 13.9. The fraction of sp³-hybridized carbons (Fsp3) is 0.229. The zero-order valence-electron chi connectivity index (χ0n) is 26.1. The predicted molar refractivity (Wildman–Crippen MR) is 176 cm³/mol. The standard InChI is InChI=1S/C35H34N6O4S/c1-22-10-12-26(13-11-22)30-19-28(25-14-16-27(44-4)17-15-25)39-41(30)33(42)21-46-35-38-37-32(20-36-34(43)31-9-6-18-45-31)40(35)29-8-5-7-23(2)24(29)3/h5-18,30H,19-21H2,1-4H3,(H,36,43)/t30-/m1/s1. The molecule has 1 atom stereocenters. The monoisotopic (exact) mass is 634 g/mol. The lowest BCUT2D eigenvalue weighted by Crippen LogP contribution is -2.28. The highest BCUT2D eigenvalue weighted by Gasteiger charge is 2.33. The Morgan fingerprint density at radius 1 is 0.978 bits per heavy atom. The number of hydrazone groups is 1. The molecule has 3 aromatic carbocycles. The number of ether oxygens (including phenoxy) is 1. The molecule has 3 heterocycles. The van der Waals surface area contributed by atoms with Crippen molar-refractivity contribution in [2.75, 3.05) is 12.9 Å². The number of furan rings is 1. The second-order valence-electron chi connectivity index (χ2n) is 11.0. The van der Waals surface area contributed by atoms with E-state index in [-0.39, 0.29) is 35.9 Å². The van der Waals surface area contributed by atoms with E-state index in [1.807, 2.05) is 67.8 Å². The Balaban J connectivity index is 1.27. The van der Waals surface area contributed by atoms with Crippen molar-refractivity contribution in [2.24, 2.45) is 5.10 Å². The van der Waals surface area contributed by atoms with Crippen molar-refractivity contribution in [3.8, 4) is 11.4 Å². The maximum Gasteiger partial charge on any atom is 0.287 e. The van der Waals surface area contributed by atoms with E-state index >= 15 is 0 Å². The van der Waals surface area contributed by atoms with Crippen LogP contribution in [0.25, 0.3) is 5.69 Å². The van der Waals surface area contributed by atoms with Crippen LogP contribution in [0, 0.1) is 20.8 Å². The molecule has 234 valence electrons. The van der Waals surface area contributed by atoms with Gasteiger partial charge in [-0.05, 0) is 85.5 Å². The highest BCUT2D eigenvalue weighted by atomic mass is 32.2. The van der Waals surface area contributed by atoms with Gasteiger partial charge in [0.25, 0.3) is 11.8 Å². The third-order valence-corrected chi connectivity index (χ3v) is 8.96. The third-order valence-electron chi connectivity index (χ3n) is 8.05. The molecule has 1 N–H and O–H groups in total. The fourth-order valence-corrected chi connectivity index (χ4v) is 6.14. The van der Waals surface area contributed by atoms with Crippen LogP contribution in [0.1, 0.15) is 56.7 Å². The number of aryl methyl sites for hydroxylation is 2. The molecule has 46 heavy (non-hydrogen) atoms. The quantitative estimate of drug-likeness (QED) is 0.182. The minimum atomic E-state index is -0.355. The van der Waals surface area contributed by atoms with Crippen LogP contribution >= 0.6 is 11.8 Å². The average molecular weight is 635 g/mol. The van der Waals surface area contributed by atoms with Gasteiger partial charge in [0.1, 0.15) is 5.75 Å². The van der Waals surface area contributed by atoms with E-state index in [0.29, 0.717) is 17.4 Å². The first-order valence-electron chi connectivity index (χ1n) is 14.9. The van der Waals surface area contributed by atoms with E-state index in [4.69, 9.17) is 14.3 Å². The number of carbonyl (C=O) groups is 2. The summed E-state index contributed by atoms with van der Waals surface area (Å²) in [4.78, 5) is 26.5. The first kappa shape index (κ1) is 30.8. The Morgan fingerprint density at radius 3 is 2.48 bits per heavy atom. The Hall–Kier alpha value is -5.16. The molecular weight excluding hydrogens is 600 g/mol. The van der Waals surface area contributed by atoms with Crippen molar-refractivity contribution in [3.05, 3.63) is 125 Å². The Kier molecular flexibility index (Phi) is 9.02. The minimum Gasteiger partial charge on any atom is -0.497 e. The topological polar surface area (TPSA) is 115 Å². The molecule has 0 saturated heterocycles. The van der Waals surface area contributed by atoms with Gasteiger partial charge in [-0.15, -0.1) is 10.2 Å². The highest BCUT2D eigenvalue weighted by molar-refractivity contribution is 7.99. The van der Waals surface area contributed by atoms with E-state index in [9.17, 15) is 9.59 Å². The molecule has 0 unspecified atom stereocenters. The van der Waals surface area contributed by atoms with Crippen LogP contribution in [0.15, 0.2) is 99.8 Å². The number of amides is 2. The van der Waals surface area contributed by atoms with Crippen LogP contribution in [0.2, 0.25) is 0 Å². The van der Waals surface area contributed by atoms with Gasteiger partial charge in [-0.2, -0.15) is 5.10 Å². The number of benzene rings is 3. The minimum absolute atomic E-state index is 0.0868. The molecule has 0 spiro atoms. The number of thioether (sulfide) groups is 1. The van der Waals surface area contributed by atoms with E-state index < -0.39 is 0 Å². The summed E-state index contributed by atoms with van der Waals surface area (Å²) in [5, 5.41) is 18.7. The van der Waals surface area contributed by atoms with Gasteiger partial charge < -0.3 is 14.5 Å². The van der Waals surface area contributed by atoms with Crippen molar-refractivity contribution in [3.63, 3.8) is 0 Å². The average Bonchev–Trinajstić information content (AvgIpc) is 3.85. The zero-order chi connectivity index (χ0) is 32.2. The SMILES string of the molecule is COc1ccc(C2=NN(C(=O)CSc3nnc(CNC(=O)c4ccco4)n3-c3cccc(C)c3C)[C@@H](c3ccc(C)cc3)C2)cc1. The molecule has 0 aliphatic carbocycles. The molecule has 11 heteroatoms. The van der Waals surface area contributed by atoms with Gasteiger partial charge in [0.2, 0.25) is 0 Å². The molecule has 0 radical (unpaired) electrons. The van der Waals surface area contributed by atoms with Gasteiger partial charge in [0, 0.05) is 6.42 Å². The molecule has 1 aliphatic heterocycles. The second kappa shape index (κ2) is 13.5.